The maximum atomic E-state index is 13.1. The van der Waals surface area contributed by atoms with Crippen molar-refractivity contribution in [3.05, 3.63) is 28.2 Å². The molecule has 0 saturated carbocycles. The number of aliphatic hydroxyl groups excluding tert-OH is 1. The fourth-order valence-electron chi connectivity index (χ4n) is 0.916. The van der Waals surface area contributed by atoms with Gasteiger partial charge in [-0.2, -0.15) is 0 Å². The molecule has 1 atom stereocenters. The fourth-order valence-corrected chi connectivity index (χ4v) is 1.23. The molecule has 0 aliphatic rings. The summed E-state index contributed by atoms with van der Waals surface area (Å²) in [5, 5.41) is 11.5. The highest BCUT2D eigenvalue weighted by molar-refractivity contribution is 9.10. The molecule has 0 amide bonds. The standard InChI is InChI=1S/C9H10BrF2NO/c1-5(14)4-13-9-3-7(11)6(10)2-8(9)12/h2-3,5,13-14H,4H2,1H3/t5-/m0/s1. The summed E-state index contributed by atoms with van der Waals surface area (Å²) in [6, 6.07) is 2.08. The van der Waals surface area contributed by atoms with Crippen LogP contribution in [0.1, 0.15) is 6.92 Å². The SMILES string of the molecule is C[C@H](O)CNc1cc(F)c(Br)cc1F. The summed E-state index contributed by atoms with van der Waals surface area (Å²) in [6.07, 6.45) is -0.610. The third-order valence-corrected chi connectivity index (χ3v) is 2.21. The van der Waals surface area contributed by atoms with Gasteiger partial charge in [0.25, 0.3) is 0 Å². The lowest BCUT2D eigenvalue weighted by molar-refractivity contribution is 0.208. The van der Waals surface area contributed by atoms with Crippen LogP contribution in [0.5, 0.6) is 0 Å². The van der Waals surface area contributed by atoms with Crippen molar-refractivity contribution in [3.63, 3.8) is 0 Å². The zero-order valence-electron chi connectivity index (χ0n) is 7.52. The summed E-state index contributed by atoms with van der Waals surface area (Å²) in [7, 11) is 0. The van der Waals surface area contributed by atoms with E-state index in [9.17, 15) is 8.78 Å². The van der Waals surface area contributed by atoms with Crippen LogP contribution in [0.4, 0.5) is 14.5 Å². The number of anilines is 1. The fraction of sp³-hybridized carbons (Fsp3) is 0.333. The highest BCUT2D eigenvalue weighted by atomic mass is 79.9. The van der Waals surface area contributed by atoms with E-state index in [-0.39, 0.29) is 16.7 Å². The summed E-state index contributed by atoms with van der Waals surface area (Å²) >= 11 is 2.87. The van der Waals surface area contributed by atoms with E-state index in [0.717, 1.165) is 12.1 Å². The molecule has 0 saturated heterocycles. The second kappa shape index (κ2) is 4.70. The Kier molecular flexibility index (Phi) is 3.83. The number of halogens is 3. The molecule has 0 unspecified atom stereocenters. The zero-order valence-corrected chi connectivity index (χ0v) is 9.11. The number of hydrogen-bond donors (Lipinski definition) is 2. The van der Waals surface area contributed by atoms with Crippen molar-refractivity contribution in [2.24, 2.45) is 0 Å². The van der Waals surface area contributed by atoms with Gasteiger partial charge in [0.05, 0.1) is 16.3 Å². The molecule has 2 nitrogen and oxygen atoms in total. The molecule has 0 aliphatic carbocycles. The van der Waals surface area contributed by atoms with E-state index in [2.05, 4.69) is 21.2 Å². The Morgan fingerprint density at radius 3 is 2.64 bits per heavy atom. The number of rotatable bonds is 3. The molecule has 1 rings (SSSR count). The molecule has 5 heteroatoms. The molecule has 0 aliphatic heterocycles. The lowest BCUT2D eigenvalue weighted by atomic mass is 10.3. The molecule has 78 valence electrons. The Bertz CT molecular complexity index is 331. The van der Waals surface area contributed by atoms with Crippen LogP contribution < -0.4 is 5.32 Å². The van der Waals surface area contributed by atoms with Crippen LogP contribution in [-0.2, 0) is 0 Å². The lowest BCUT2D eigenvalue weighted by Gasteiger charge is -2.09. The third kappa shape index (κ3) is 2.92. The minimum atomic E-state index is -0.610. The van der Waals surface area contributed by atoms with Gasteiger partial charge in [-0.25, -0.2) is 8.78 Å². The predicted octanol–water partition coefficient (Wildman–Crippen LogP) is 2.52. The van der Waals surface area contributed by atoms with Gasteiger partial charge in [-0.15, -0.1) is 0 Å². The van der Waals surface area contributed by atoms with Gasteiger partial charge in [0, 0.05) is 12.6 Å². The van der Waals surface area contributed by atoms with Crippen molar-refractivity contribution in [1.29, 1.82) is 0 Å². The van der Waals surface area contributed by atoms with Gasteiger partial charge in [-0.3, -0.25) is 0 Å². The smallest absolute Gasteiger partial charge is 0.147 e. The van der Waals surface area contributed by atoms with Gasteiger partial charge < -0.3 is 10.4 Å². The third-order valence-electron chi connectivity index (χ3n) is 1.60. The van der Waals surface area contributed by atoms with E-state index >= 15 is 0 Å². The Morgan fingerprint density at radius 1 is 1.43 bits per heavy atom. The number of benzene rings is 1. The highest BCUT2D eigenvalue weighted by Gasteiger charge is 2.08. The zero-order chi connectivity index (χ0) is 10.7. The van der Waals surface area contributed by atoms with Gasteiger partial charge >= 0.3 is 0 Å². The Labute approximate surface area is 89.1 Å². The van der Waals surface area contributed by atoms with Crippen molar-refractivity contribution in [2.75, 3.05) is 11.9 Å². The summed E-state index contributed by atoms with van der Waals surface area (Å²) in [5.74, 6) is -1.10. The highest BCUT2D eigenvalue weighted by Crippen LogP contribution is 2.23. The quantitative estimate of drug-likeness (QED) is 0.824. The molecule has 0 fully saturated rings. The maximum absolute atomic E-state index is 13.1. The minimum Gasteiger partial charge on any atom is -0.392 e. The minimum absolute atomic E-state index is 0.0478. The molecule has 1 aromatic carbocycles. The molecule has 0 bridgehead atoms. The number of nitrogens with one attached hydrogen (secondary N) is 1. The van der Waals surface area contributed by atoms with Gasteiger partial charge in [-0.1, -0.05) is 0 Å². The first-order valence-electron chi connectivity index (χ1n) is 4.07. The van der Waals surface area contributed by atoms with E-state index < -0.39 is 17.7 Å². The first-order valence-corrected chi connectivity index (χ1v) is 4.86. The second-order valence-corrected chi connectivity index (χ2v) is 3.83. The Hall–Kier alpha value is -0.680. The summed E-state index contributed by atoms with van der Waals surface area (Å²) < 4.78 is 26.2. The van der Waals surface area contributed by atoms with Crippen molar-refractivity contribution < 1.29 is 13.9 Å². The van der Waals surface area contributed by atoms with Crippen LogP contribution in [0.2, 0.25) is 0 Å². The van der Waals surface area contributed by atoms with Gasteiger partial charge in [0.2, 0.25) is 0 Å². The molecule has 1 aromatic rings. The van der Waals surface area contributed by atoms with Crippen LogP contribution in [0.3, 0.4) is 0 Å². The molecule has 0 heterocycles. The van der Waals surface area contributed by atoms with E-state index in [1.807, 2.05) is 0 Å². The predicted molar refractivity (Wildman–Crippen MR) is 54.2 cm³/mol. The van der Waals surface area contributed by atoms with Crippen LogP contribution in [-0.4, -0.2) is 17.8 Å². The molecular formula is C9H10BrF2NO. The first kappa shape index (κ1) is 11.4. The Balaban J connectivity index is 2.82. The van der Waals surface area contributed by atoms with Gasteiger partial charge in [0.1, 0.15) is 11.6 Å². The molecule has 0 aromatic heterocycles. The lowest BCUT2D eigenvalue weighted by Crippen LogP contribution is -2.16. The maximum Gasteiger partial charge on any atom is 0.147 e. The monoisotopic (exact) mass is 265 g/mol. The van der Waals surface area contributed by atoms with Crippen molar-refractivity contribution in [1.82, 2.24) is 0 Å². The van der Waals surface area contributed by atoms with Crippen molar-refractivity contribution in [3.8, 4) is 0 Å². The largest absolute Gasteiger partial charge is 0.392 e. The average Bonchev–Trinajstić information content (AvgIpc) is 2.09. The normalized spacial score (nSPS) is 12.6. The van der Waals surface area contributed by atoms with E-state index in [1.165, 1.54) is 0 Å². The summed E-state index contributed by atoms with van der Waals surface area (Å²) in [5.41, 5.74) is 0.0478. The van der Waals surface area contributed by atoms with Gasteiger partial charge in [-0.05, 0) is 28.9 Å². The topological polar surface area (TPSA) is 32.3 Å². The van der Waals surface area contributed by atoms with E-state index in [4.69, 9.17) is 5.11 Å². The molecule has 2 N–H and O–H groups in total. The number of aliphatic hydroxyl groups is 1. The van der Waals surface area contributed by atoms with E-state index in [1.54, 1.807) is 6.92 Å². The van der Waals surface area contributed by atoms with Crippen LogP contribution in [0.15, 0.2) is 16.6 Å². The van der Waals surface area contributed by atoms with Crippen LogP contribution in [0, 0.1) is 11.6 Å². The molecule has 0 spiro atoms. The molecular weight excluding hydrogens is 256 g/mol. The average molecular weight is 266 g/mol. The Morgan fingerprint density at radius 2 is 2.07 bits per heavy atom. The van der Waals surface area contributed by atoms with Crippen molar-refractivity contribution >= 4 is 21.6 Å². The van der Waals surface area contributed by atoms with Crippen LogP contribution >= 0.6 is 15.9 Å². The summed E-state index contributed by atoms with van der Waals surface area (Å²) in [6.45, 7) is 1.73. The number of hydrogen-bond acceptors (Lipinski definition) is 2. The van der Waals surface area contributed by atoms with Gasteiger partial charge in [0.15, 0.2) is 0 Å². The molecule has 14 heavy (non-hydrogen) atoms. The molecule has 0 radical (unpaired) electrons. The van der Waals surface area contributed by atoms with E-state index in [0.29, 0.717) is 0 Å². The first-order chi connectivity index (χ1) is 6.50. The summed E-state index contributed by atoms with van der Waals surface area (Å²) in [4.78, 5) is 0. The van der Waals surface area contributed by atoms with Crippen molar-refractivity contribution in [2.45, 2.75) is 13.0 Å². The second-order valence-electron chi connectivity index (χ2n) is 2.98. The van der Waals surface area contributed by atoms with Crippen LogP contribution in [0.25, 0.3) is 0 Å².